The van der Waals surface area contributed by atoms with E-state index in [0.717, 1.165) is 23.9 Å². The number of halogens is 1. The first-order valence-electron chi connectivity index (χ1n) is 5.53. The van der Waals surface area contributed by atoms with Crippen LogP contribution < -0.4 is 4.84 Å². The van der Waals surface area contributed by atoms with E-state index >= 15 is 0 Å². The number of aliphatic hydroxyl groups is 1. The summed E-state index contributed by atoms with van der Waals surface area (Å²) in [5.41, 5.74) is -0.197. The summed E-state index contributed by atoms with van der Waals surface area (Å²) in [7, 11) is 6.49. The van der Waals surface area contributed by atoms with Crippen molar-refractivity contribution < 1.29 is 9.59 Å². The molecule has 15 heavy (non-hydrogen) atoms. The largest absolute Gasteiger partial charge is 0.393 e. The zero-order valence-corrected chi connectivity index (χ0v) is 11.4. The first kappa shape index (κ1) is 15.2. The van der Waals surface area contributed by atoms with E-state index in [1.807, 2.05) is 13.8 Å². The van der Waals surface area contributed by atoms with Crippen LogP contribution in [0.25, 0.3) is 0 Å². The fourth-order valence-electron chi connectivity index (χ4n) is 1.53. The molecule has 0 aliphatic carbocycles. The first-order valence-corrected chi connectivity index (χ1v) is 5.90. The lowest BCUT2D eigenvalue weighted by atomic mass is 9.96. The zero-order chi connectivity index (χ0) is 12.1. The van der Waals surface area contributed by atoms with Crippen LogP contribution >= 0.6 is 11.8 Å². The number of hydrogen-bond acceptors (Lipinski definition) is 2. The Balaban J connectivity index is 3.71. The molecule has 0 aliphatic rings. The van der Waals surface area contributed by atoms with Gasteiger partial charge in [0.05, 0.1) is 33.8 Å². The van der Waals surface area contributed by atoms with Gasteiger partial charge in [0.15, 0.2) is 0 Å². The third kappa shape index (κ3) is 9.12. The second-order valence-corrected chi connectivity index (χ2v) is 6.18. The van der Waals surface area contributed by atoms with E-state index in [0.29, 0.717) is 6.42 Å². The Labute approximate surface area is 99.1 Å². The average Bonchev–Trinajstić information content (AvgIpc) is 2.00. The summed E-state index contributed by atoms with van der Waals surface area (Å²) in [5.74, 6) is 0. The first-order chi connectivity index (χ1) is 6.66. The van der Waals surface area contributed by atoms with E-state index in [9.17, 15) is 5.11 Å². The van der Waals surface area contributed by atoms with Gasteiger partial charge in [0, 0.05) is 5.54 Å². The molecule has 0 fully saturated rings. The van der Waals surface area contributed by atoms with Crippen molar-refractivity contribution in [3.63, 3.8) is 0 Å². The van der Waals surface area contributed by atoms with Gasteiger partial charge in [-0.25, -0.2) is 4.84 Å². The van der Waals surface area contributed by atoms with Gasteiger partial charge in [-0.05, 0) is 44.9 Å². The minimum absolute atomic E-state index is 0.197. The molecular weight excluding hydrogens is 212 g/mol. The van der Waals surface area contributed by atoms with Crippen LogP contribution in [0.4, 0.5) is 0 Å². The van der Waals surface area contributed by atoms with Crippen molar-refractivity contribution in [1.82, 2.24) is 4.84 Å². The molecule has 2 N–H and O–H groups in total. The summed E-state index contributed by atoms with van der Waals surface area (Å²) in [4.78, 5) is 2.69. The molecule has 3 nitrogen and oxygen atoms in total. The molecular formula is C11H26ClN2O+. The molecule has 92 valence electrons. The van der Waals surface area contributed by atoms with E-state index < -0.39 is 0 Å². The fourth-order valence-corrected chi connectivity index (χ4v) is 1.61. The molecule has 0 heterocycles. The average molecular weight is 238 g/mol. The Morgan fingerprint density at radius 2 is 1.87 bits per heavy atom. The quantitative estimate of drug-likeness (QED) is 0.522. The normalized spacial score (nSPS) is 15.4. The van der Waals surface area contributed by atoms with Crippen molar-refractivity contribution in [3.8, 4) is 0 Å². The van der Waals surface area contributed by atoms with E-state index in [-0.39, 0.29) is 11.6 Å². The molecule has 0 spiro atoms. The smallest absolute Gasteiger partial charge is 0.0781 e. The molecule has 0 saturated heterocycles. The van der Waals surface area contributed by atoms with Crippen LogP contribution in [0.15, 0.2) is 0 Å². The minimum Gasteiger partial charge on any atom is -0.393 e. The second-order valence-electron chi connectivity index (χ2n) is 5.99. The SMILES string of the molecule is CC(C)(CC(O)CCC[N+](C)(C)C)NCl. The predicted octanol–water partition coefficient (Wildman–Crippen LogP) is 1.75. The molecule has 0 aliphatic heterocycles. The monoisotopic (exact) mass is 237 g/mol. The number of hydrogen-bond donors (Lipinski definition) is 2. The number of aliphatic hydroxyl groups excluding tert-OH is 1. The van der Waals surface area contributed by atoms with Crippen molar-refractivity contribution in [2.75, 3.05) is 27.7 Å². The molecule has 0 radical (unpaired) electrons. The molecule has 1 unspecified atom stereocenters. The summed E-state index contributed by atoms with van der Waals surface area (Å²) in [6.45, 7) is 5.07. The summed E-state index contributed by atoms with van der Waals surface area (Å²) in [6.07, 6.45) is 2.31. The number of rotatable bonds is 7. The van der Waals surface area contributed by atoms with E-state index in [1.54, 1.807) is 0 Å². The molecule has 0 amide bonds. The van der Waals surface area contributed by atoms with Crippen molar-refractivity contribution >= 4 is 11.8 Å². The maximum atomic E-state index is 9.81. The van der Waals surface area contributed by atoms with Gasteiger partial charge in [-0.3, -0.25) is 0 Å². The van der Waals surface area contributed by atoms with E-state index in [4.69, 9.17) is 11.8 Å². The fraction of sp³-hybridized carbons (Fsp3) is 1.00. The Morgan fingerprint density at radius 3 is 2.27 bits per heavy atom. The van der Waals surface area contributed by atoms with Crippen LogP contribution in [0.5, 0.6) is 0 Å². The van der Waals surface area contributed by atoms with E-state index in [1.165, 1.54) is 0 Å². The van der Waals surface area contributed by atoms with E-state index in [2.05, 4.69) is 26.0 Å². The van der Waals surface area contributed by atoms with Crippen LogP contribution in [0.3, 0.4) is 0 Å². The standard InChI is InChI=1S/C11H26ClN2O/c1-11(2,13-12)9-10(15)7-6-8-14(3,4)5/h10,13,15H,6-9H2,1-5H3/q+1. The topological polar surface area (TPSA) is 32.3 Å². The lowest BCUT2D eigenvalue weighted by Crippen LogP contribution is -2.38. The summed E-state index contributed by atoms with van der Waals surface area (Å²) in [5, 5.41) is 9.81. The van der Waals surface area contributed by atoms with Gasteiger partial charge in [-0.1, -0.05) is 0 Å². The van der Waals surface area contributed by atoms with Crippen molar-refractivity contribution in [1.29, 1.82) is 0 Å². The molecule has 0 aromatic carbocycles. The highest BCUT2D eigenvalue weighted by atomic mass is 35.5. The highest BCUT2D eigenvalue weighted by Crippen LogP contribution is 2.15. The number of quaternary nitrogens is 1. The van der Waals surface area contributed by atoms with Crippen LogP contribution in [-0.4, -0.2) is 48.9 Å². The van der Waals surface area contributed by atoms with Crippen LogP contribution in [-0.2, 0) is 0 Å². The van der Waals surface area contributed by atoms with Crippen LogP contribution in [0, 0.1) is 0 Å². The number of nitrogens with zero attached hydrogens (tertiary/aromatic N) is 1. The van der Waals surface area contributed by atoms with Gasteiger partial charge in [-0.15, -0.1) is 0 Å². The van der Waals surface area contributed by atoms with Gasteiger partial charge >= 0.3 is 0 Å². The van der Waals surface area contributed by atoms with Gasteiger partial charge in [-0.2, -0.15) is 0 Å². The predicted molar refractivity (Wildman–Crippen MR) is 65.8 cm³/mol. The highest BCUT2D eigenvalue weighted by molar-refractivity contribution is 6.13. The Morgan fingerprint density at radius 1 is 1.33 bits per heavy atom. The van der Waals surface area contributed by atoms with Gasteiger partial charge in [0.2, 0.25) is 0 Å². The van der Waals surface area contributed by atoms with Gasteiger partial charge < -0.3 is 9.59 Å². The third-order valence-corrected chi connectivity index (χ3v) is 2.88. The lowest BCUT2D eigenvalue weighted by Gasteiger charge is -2.27. The zero-order valence-electron chi connectivity index (χ0n) is 10.7. The Bertz CT molecular complexity index is 178. The lowest BCUT2D eigenvalue weighted by molar-refractivity contribution is -0.870. The number of nitrogens with one attached hydrogen (secondary N) is 1. The minimum atomic E-state index is -0.266. The third-order valence-electron chi connectivity index (χ3n) is 2.37. The maximum Gasteiger partial charge on any atom is 0.0781 e. The molecule has 0 aromatic heterocycles. The van der Waals surface area contributed by atoms with Crippen molar-refractivity contribution in [2.45, 2.75) is 44.8 Å². The summed E-state index contributed by atoms with van der Waals surface area (Å²) >= 11 is 5.58. The maximum absolute atomic E-state index is 9.81. The molecule has 1 atom stereocenters. The summed E-state index contributed by atoms with van der Waals surface area (Å²) < 4.78 is 0.948. The molecule has 0 saturated carbocycles. The van der Waals surface area contributed by atoms with Crippen LogP contribution in [0.2, 0.25) is 0 Å². The Hall–Kier alpha value is 0.170. The molecule has 0 rings (SSSR count). The molecule has 4 heteroatoms. The Kier molecular flexibility index (Phi) is 6.11. The van der Waals surface area contributed by atoms with Crippen LogP contribution in [0.1, 0.15) is 33.1 Å². The summed E-state index contributed by atoms with van der Waals surface area (Å²) in [6, 6.07) is 0. The molecule has 0 bridgehead atoms. The highest BCUT2D eigenvalue weighted by Gasteiger charge is 2.21. The second kappa shape index (κ2) is 6.04. The van der Waals surface area contributed by atoms with Gasteiger partial charge in [0.1, 0.15) is 0 Å². The van der Waals surface area contributed by atoms with Gasteiger partial charge in [0.25, 0.3) is 0 Å². The van der Waals surface area contributed by atoms with Crippen molar-refractivity contribution in [3.05, 3.63) is 0 Å². The van der Waals surface area contributed by atoms with Crippen molar-refractivity contribution in [2.24, 2.45) is 0 Å². The molecule has 0 aromatic rings.